The van der Waals surface area contributed by atoms with Crippen LogP contribution < -0.4 is 0 Å². The predicted molar refractivity (Wildman–Crippen MR) is 123 cm³/mol. The first-order valence-electron chi connectivity index (χ1n) is 13.1. The molecule has 2 saturated heterocycles. The molecule has 0 radical (unpaired) electrons. The zero-order valence-corrected chi connectivity index (χ0v) is 25.3. The molecule has 2 N–H and O–H groups in total. The molecule has 284 valence electrons. The van der Waals surface area contributed by atoms with Crippen LogP contribution >= 0.6 is 0 Å². The summed E-state index contributed by atoms with van der Waals surface area (Å²) in [5.74, 6) is -30.9. The second-order valence-corrected chi connectivity index (χ2v) is 11.7. The van der Waals surface area contributed by atoms with Crippen molar-refractivity contribution in [1.29, 1.82) is 0 Å². The minimum atomic E-state index is -6.64. The van der Waals surface area contributed by atoms with Gasteiger partial charge in [-0.1, -0.05) is 13.8 Å². The summed E-state index contributed by atoms with van der Waals surface area (Å²) in [6.07, 6.45) is -31.1. The van der Waals surface area contributed by atoms with Gasteiger partial charge in [-0.05, 0) is 40.5 Å². The molecule has 2 aliphatic heterocycles. The van der Waals surface area contributed by atoms with Crippen molar-refractivity contribution in [3.05, 3.63) is 0 Å². The molecule has 0 saturated carbocycles. The zero-order chi connectivity index (χ0) is 38.5. The molecule has 2 rings (SSSR count). The lowest BCUT2D eigenvalue weighted by molar-refractivity contribution is -0.513. The Labute approximate surface area is 260 Å². The lowest BCUT2D eigenvalue weighted by Crippen LogP contribution is -2.78. The van der Waals surface area contributed by atoms with Crippen molar-refractivity contribution < 1.29 is 109 Å². The zero-order valence-electron chi connectivity index (χ0n) is 25.3. The molecule has 5 unspecified atom stereocenters. The average molecular weight is 746 g/mol. The third-order valence-corrected chi connectivity index (χ3v) is 7.38. The Kier molecular flexibility index (Phi) is 11.9. The van der Waals surface area contributed by atoms with Crippen LogP contribution in [0.3, 0.4) is 0 Å². The first kappa shape index (κ1) is 43.7. The second-order valence-electron chi connectivity index (χ2n) is 11.7. The maximum absolute atomic E-state index is 14.1. The first-order chi connectivity index (χ1) is 21.0. The third kappa shape index (κ3) is 7.70. The number of carbonyl (C=O) groups excluding carboxylic acids is 2. The number of carbonyl (C=O) groups is 2. The number of alkyl halides is 15. The van der Waals surface area contributed by atoms with Crippen LogP contribution in [0, 0.1) is 10.8 Å². The smallest absolute Gasteiger partial charge is 0.449 e. The molecule has 0 amide bonds. The molecule has 0 aromatic heterocycles. The topological polar surface area (TPSA) is 121 Å². The van der Waals surface area contributed by atoms with Crippen molar-refractivity contribution >= 4 is 11.9 Å². The normalized spacial score (nSPS) is 30.9. The van der Waals surface area contributed by atoms with Crippen molar-refractivity contribution in [3.8, 4) is 0 Å². The van der Waals surface area contributed by atoms with Crippen LogP contribution in [-0.2, 0) is 33.3 Å². The van der Waals surface area contributed by atoms with E-state index in [1.54, 1.807) is 6.92 Å². The summed E-state index contributed by atoms with van der Waals surface area (Å²) in [5, 5.41) is 18.2. The van der Waals surface area contributed by atoms with Crippen LogP contribution in [0.15, 0.2) is 0 Å². The van der Waals surface area contributed by atoms with Crippen molar-refractivity contribution in [1.82, 2.24) is 0 Å². The van der Waals surface area contributed by atoms with E-state index in [0.717, 1.165) is 13.8 Å². The van der Waals surface area contributed by atoms with E-state index in [4.69, 9.17) is 10.2 Å². The summed E-state index contributed by atoms with van der Waals surface area (Å²) in [4.78, 5) is 23.5. The Bertz CT molecular complexity index is 1170. The highest BCUT2D eigenvalue weighted by Crippen LogP contribution is 2.57. The van der Waals surface area contributed by atoms with E-state index in [1.165, 1.54) is 20.8 Å². The molecule has 2 aliphatic rings. The number of esters is 2. The molecular formula is C24H29F15O9. The predicted octanol–water partition coefficient (Wildman–Crippen LogP) is 6.00. The SMILES string of the molecule is CCC(C)(C)C(=O)OC1C(F)(F)C(C(F)(F)F)OC(O)(C(F)(F)F)C1(F)F.CCC(C)(C)C(=O)OC1OCOC(O)(C(F)(F)F)C1(F)F. The Morgan fingerprint density at radius 1 is 0.708 bits per heavy atom. The Hall–Kier alpha value is -2.31. The summed E-state index contributed by atoms with van der Waals surface area (Å²) < 4.78 is 217. The highest BCUT2D eigenvalue weighted by molar-refractivity contribution is 5.76. The summed E-state index contributed by atoms with van der Waals surface area (Å²) in [7, 11) is 0. The molecule has 0 aliphatic carbocycles. The van der Waals surface area contributed by atoms with Crippen LogP contribution in [-0.4, -0.2) is 95.3 Å². The minimum Gasteiger partial charge on any atom is -0.449 e. The van der Waals surface area contributed by atoms with Crippen LogP contribution in [0.2, 0.25) is 0 Å². The summed E-state index contributed by atoms with van der Waals surface area (Å²) in [6, 6.07) is 0. The lowest BCUT2D eigenvalue weighted by atomic mass is 9.87. The van der Waals surface area contributed by atoms with E-state index in [9.17, 15) is 75.4 Å². The van der Waals surface area contributed by atoms with Gasteiger partial charge in [-0.3, -0.25) is 9.59 Å². The van der Waals surface area contributed by atoms with E-state index >= 15 is 0 Å². The van der Waals surface area contributed by atoms with E-state index in [0.29, 0.717) is 0 Å². The Balaban J connectivity index is 0.000000495. The van der Waals surface area contributed by atoms with Gasteiger partial charge in [0, 0.05) is 0 Å². The fourth-order valence-corrected chi connectivity index (χ4v) is 3.31. The number of halogens is 15. The van der Waals surface area contributed by atoms with Gasteiger partial charge in [0.25, 0.3) is 6.29 Å². The molecule has 5 atom stereocenters. The van der Waals surface area contributed by atoms with Crippen LogP contribution in [0.5, 0.6) is 0 Å². The second kappa shape index (κ2) is 13.1. The van der Waals surface area contributed by atoms with Crippen molar-refractivity contribution in [3.63, 3.8) is 0 Å². The van der Waals surface area contributed by atoms with E-state index in [1.807, 2.05) is 0 Å². The van der Waals surface area contributed by atoms with Crippen LogP contribution in [0.1, 0.15) is 54.4 Å². The number of hydrogen-bond donors (Lipinski definition) is 2. The van der Waals surface area contributed by atoms with Gasteiger partial charge in [-0.25, -0.2) is 0 Å². The molecular weight excluding hydrogens is 717 g/mol. The molecule has 0 aromatic carbocycles. The molecule has 2 heterocycles. The van der Waals surface area contributed by atoms with E-state index < -0.39 is 95.9 Å². The molecule has 48 heavy (non-hydrogen) atoms. The monoisotopic (exact) mass is 746 g/mol. The fraction of sp³-hybridized carbons (Fsp3) is 0.917. The summed E-state index contributed by atoms with van der Waals surface area (Å²) >= 11 is 0. The van der Waals surface area contributed by atoms with Gasteiger partial charge in [0.1, 0.15) is 0 Å². The largest absolute Gasteiger partial charge is 0.450 e. The van der Waals surface area contributed by atoms with Crippen molar-refractivity contribution in [2.75, 3.05) is 6.79 Å². The number of hydrogen-bond acceptors (Lipinski definition) is 9. The molecule has 0 aromatic rings. The highest BCUT2D eigenvalue weighted by atomic mass is 19.4. The van der Waals surface area contributed by atoms with Crippen LogP contribution in [0.25, 0.3) is 0 Å². The van der Waals surface area contributed by atoms with Gasteiger partial charge >= 0.3 is 59.8 Å². The van der Waals surface area contributed by atoms with E-state index in [2.05, 4.69) is 23.7 Å². The third-order valence-electron chi connectivity index (χ3n) is 7.38. The van der Waals surface area contributed by atoms with Crippen molar-refractivity contribution in [2.45, 2.75) is 121 Å². The average Bonchev–Trinajstić information content (AvgIpc) is 2.89. The van der Waals surface area contributed by atoms with Gasteiger partial charge in [-0.2, -0.15) is 65.9 Å². The number of aliphatic hydroxyl groups is 2. The minimum absolute atomic E-state index is 0.199. The maximum Gasteiger partial charge on any atom is 0.450 e. The number of ether oxygens (including phenoxy) is 5. The molecule has 0 spiro atoms. The van der Waals surface area contributed by atoms with Crippen molar-refractivity contribution in [2.24, 2.45) is 10.8 Å². The molecule has 24 heteroatoms. The number of rotatable bonds is 6. The lowest BCUT2D eigenvalue weighted by Gasteiger charge is -2.50. The molecule has 0 bridgehead atoms. The van der Waals surface area contributed by atoms with Gasteiger partial charge in [0.05, 0.1) is 10.8 Å². The highest BCUT2D eigenvalue weighted by Gasteiger charge is 2.86. The fourth-order valence-electron chi connectivity index (χ4n) is 3.31. The van der Waals surface area contributed by atoms with Gasteiger partial charge in [-0.15, -0.1) is 0 Å². The van der Waals surface area contributed by atoms with E-state index in [-0.39, 0.29) is 12.8 Å². The summed E-state index contributed by atoms with van der Waals surface area (Å²) in [6.45, 7) is 6.19. The molecule has 9 nitrogen and oxygen atoms in total. The maximum atomic E-state index is 14.1. The van der Waals surface area contributed by atoms with Gasteiger partial charge < -0.3 is 33.9 Å². The first-order valence-corrected chi connectivity index (χ1v) is 13.1. The van der Waals surface area contributed by atoms with Gasteiger partial charge in [0.2, 0.25) is 12.2 Å². The Morgan fingerprint density at radius 3 is 1.46 bits per heavy atom. The quantitative estimate of drug-likeness (QED) is 0.249. The standard InChI is InChI=1S/C13H14F10O4.C11H15F5O5/c1-4-8(2,3)7(24)26-5-9(14,15)6(11(18,19)20)27-12(25,10(5,16)17)13(21,22)23;1-4-8(2,3)6(17)21-7-9(12,13)10(18,11(14,15)16)20-5-19-7/h5-6,25H,4H2,1-3H3;7,18H,4-5H2,1-3H3. The van der Waals surface area contributed by atoms with Gasteiger partial charge in [0.15, 0.2) is 6.79 Å². The van der Waals surface area contributed by atoms with Crippen LogP contribution in [0.4, 0.5) is 65.9 Å². The Morgan fingerprint density at radius 2 is 1.10 bits per heavy atom. The summed E-state index contributed by atoms with van der Waals surface area (Å²) in [5.41, 5.74) is -3.00. The molecule has 2 fully saturated rings.